The number of aryl methyl sites for hydroxylation is 1. The van der Waals surface area contributed by atoms with Crippen molar-refractivity contribution in [1.82, 2.24) is 4.90 Å². The van der Waals surface area contributed by atoms with Gasteiger partial charge in [0, 0.05) is 11.4 Å². The van der Waals surface area contributed by atoms with E-state index in [2.05, 4.69) is 0 Å². The molecule has 1 saturated heterocycles. The molecule has 2 unspecified atom stereocenters. The van der Waals surface area contributed by atoms with E-state index in [1.807, 2.05) is 18.4 Å². The summed E-state index contributed by atoms with van der Waals surface area (Å²) in [7, 11) is 0. The van der Waals surface area contributed by atoms with Crippen LogP contribution in [0.3, 0.4) is 0 Å². The molecule has 3 nitrogen and oxygen atoms in total. The number of benzene rings is 1. The quantitative estimate of drug-likeness (QED) is 0.848. The first-order chi connectivity index (χ1) is 11.8. The van der Waals surface area contributed by atoms with Crippen molar-refractivity contribution in [3.63, 3.8) is 0 Å². The fourth-order valence-corrected chi connectivity index (χ4v) is 4.56. The Morgan fingerprint density at radius 3 is 2.64 bits per heavy atom. The van der Waals surface area contributed by atoms with Gasteiger partial charge in [-0.3, -0.25) is 9.69 Å². The van der Waals surface area contributed by atoms with Gasteiger partial charge in [-0.05, 0) is 48.4 Å². The molecule has 0 aliphatic carbocycles. The maximum atomic E-state index is 13.6. The highest BCUT2D eigenvalue weighted by Gasteiger charge is 2.42. The minimum absolute atomic E-state index is 0.119. The van der Waals surface area contributed by atoms with Crippen LogP contribution in [0.2, 0.25) is 0 Å². The SMILES string of the molecule is Cc1ccsc1C(c1ccccc1C(F)(F)F)N1CCCC1C(=O)O. The summed E-state index contributed by atoms with van der Waals surface area (Å²) in [6, 6.07) is 5.85. The van der Waals surface area contributed by atoms with Crippen molar-refractivity contribution in [1.29, 1.82) is 0 Å². The summed E-state index contributed by atoms with van der Waals surface area (Å²) in [6.07, 6.45) is -3.38. The zero-order valence-corrected chi connectivity index (χ0v) is 14.4. The van der Waals surface area contributed by atoms with E-state index in [9.17, 15) is 23.1 Å². The summed E-state index contributed by atoms with van der Waals surface area (Å²) in [4.78, 5) is 14.1. The zero-order chi connectivity index (χ0) is 18.2. The van der Waals surface area contributed by atoms with Gasteiger partial charge in [0.1, 0.15) is 6.04 Å². The number of carbonyl (C=O) groups is 1. The zero-order valence-electron chi connectivity index (χ0n) is 13.6. The van der Waals surface area contributed by atoms with Gasteiger partial charge in [0.15, 0.2) is 0 Å². The summed E-state index contributed by atoms with van der Waals surface area (Å²) in [5.41, 5.74) is 0.292. The summed E-state index contributed by atoms with van der Waals surface area (Å²) in [6.45, 7) is 2.31. The Hall–Kier alpha value is -1.86. The third-order valence-electron chi connectivity index (χ3n) is 4.62. The molecule has 1 fully saturated rings. The van der Waals surface area contributed by atoms with Crippen molar-refractivity contribution in [3.8, 4) is 0 Å². The Morgan fingerprint density at radius 1 is 1.32 bits per heavy atom. The normalized spacial score (nSPS) is 19.9. The van der Waals surface area contributed by atoms with Gasteiger partial charge in [-0.1, -0.05) is 18.2 Å². The van der Waals surface area contributed by atoms with E-state index in [4.69, 9.17) is 0 Å². The van der Waals surface area contributed by atoms with E-state index in [-0.39, 0.29) is 5.56 Å². The molecule has 0 saturated carbocycles. The lowest BCUT2D eigenvalue weighted by molar-refractivity contribution is -0.142. The van der Waals surface area contributed by atoms with Crippen molar-refractivity contribution >= 4 is 17.3 Å². The van der Waals surface area contributed by atoms with Crippen LogP contribution in [0, 0.1) is 6.92 Å². The first-order valence-electron chi connectivity index (χ1n) is 7.99. The molecule has 2 atom stereocenters. The van der Waals surface area contributed by atoms with E-state index >= 15 is 0 Å². The van der Waals surface area contributed by atoms with Crippen LogP contribution in [0.5, 0.6) is 0 Å². The van der Waals surface area contributed by atoms with E-state index in [1.54, 1.807) is 11.0 Å². The van der Waals surface area contributed by atoms with Gasteiger partial charge in [0.2, 0.25) is 0 Å². The van der Waals surface area contributed by atoms with Crippen molar-refractivity contribution in [3.05, 3.63) is 57.3 Å². The van der Waals surface area contributed by atoms with Gasteiger partial charge in [-0.2, -0.15) is 13.2 Å². The Kier molecular flexibility index (Phi) is 4.88. The van der Waals surface area contributed by atoms with E-state index in [0.29, 0.717) is 19.4 Å². The van der Waals surface area contributed by atoms with Crippen LogP contribution >= 0.6 is 11.3 Å². The molecule has 1 aromatic carbocycles. The summed E-state index contributed by atoms with van der Waals surface area (Å²) in [5.74, 6) is -0.985. The van der Waals surface area contributed by atoms with Crippen LogP contribution in [-0.4, -0.2) is 28.6 Å². The fraction of sp³-hybridized carbons (Fsp3) is 0.389. The molecule has 0 spiro atoms. The molecule has 2 aromatic rings. The van der Waals surface area contributed by atoms with Crippen molar-refractivity contribution in [2.75, 3.05) is 6.54 Å². The number of nitrogens with zero attached hydrogens (tertiary/aromatic N) is 1. The van der Waals surface area contributed by atoms with Crippen LogP contribution in [0.1, 0.15) is 40.5 Å². The Morgan fingerprint density at radius 2 is 2.04 bits per heavy atom. The van der Waals surface area contributed by atoms with Crippen LogP contribution in [0.15, 0.2) is 35.7 Å². The minimum Gasteiger partial charge on any atom is -0.480 e. The Bertz CT molecular complexity index is 772. The molecule has 134 valence electrons. The smallest absolute Gasteiger partial charge is 0.416 e. The molecular weight excluding hydrogens is 351 g/mol. The topological polar surface area (TPSA) is 40.5 Å². The van der Waals surface area contributed by atoms with Crippen molar-refractivity contribution in [2.45, 2.75) is 38.0 Å². The molecule has 1 N–H and O–H groups in total. The number of aliphatic carboxylic acids is 1. The second-order valence-electron chi connectivity index (χ2n) is 6.19. The highest BCUT2D eigenvalue weighted by molar-refractivity contribution is 7.10. The van der Waals surface area contributed by atoms with Crippen LogP contribution in [0.25, 0.3) is 0 Å². The number of thiophene rings is 1. The number of rotatable bonds is 4. The third kappa shape index (κ3) is 3.43. The van der Waals surface area contributed by atoms with Gasteiger partial charge in [-0.15, -0.1) is 11.3 Å². The van der Waals surface area contributed by atoms with Gasteiger partial charge in [0.05, 0.1) is 11.6 Å². The predicted octanol–water partition coefficient (Wildman–Crippen LogP) is 4.71. The summed E-state index contributed by atoms with van der Waals surface area (Å²) in [5, 5.41) is 11.3. The van der Waals surface area contributed by atoms with E-state index in [1.165, 1.54) is 23.5 Å². The average Bonchev–Trinajstić information content (AvgIpc) is 3.17. The first kappa shape index (κ1) is 17.9. The molecule has 7 heteroatoms. The molecule has 0 radical (unpaired) electrons. The number of carboxylic acids is 1. The lowest BCUT2D eigenvalue weighted by atomic mass is 9.95. The van der Waals surface area contributed by atoms with Crippen LogP contribution < -0.4 is 0 Å². The highest BCUT2D eigenvalue weighted by Crippen LogP contribution is 2.43. The van der Waals surface area contributed by atoms with Gasteiger partial charge >= 0.3 is 12.1 Å². The highest BCUT2D eigenvalue weighted by atomic mass is 32.1. The maximum absolute atomic E-state index is 13.6. The largest absolute Gasteiger partial charge is 0.480 e. The second-order valence-corrected chi connectivity index (χ2v) is 7.14. The van der Waals surface area contributed by atoms with Gasteiger partial charge < -0.3 is 5.11 Å². The van der Waals surface area contributed by atoms with Crippen molar-refractivity contribution in [2.24, 2.45) is 0 Å². The Balaban J connectivity index is 2.17. The monoisotopic (exact) mass is 369 g/mol. The number of carboxylic acid groups (broad SMARTS) is 1. The minimum atomic E-state index is -4.49. The molecule has 0 bridgehead atoms. The van der Waals surface area contributed by atoms with E-state index in [0.717, 1.165) is 16.5 Å². The number of likely N-dealkylation sites (tertiary alicyclic amines) is 1. The third-order valence-corrected chi connectivity index (χ3v) is 5.69. The second kappa shape index (κ2) is 6.80. The number of hydrogen-bond donors (Lipinski definition) is 1. The molecule has 1 aromatic heterocycles. The Labute approximate surface area is 147 Å². The summed E-state index contributed by atoms with van der Waals surface area (Å²) < 4.78 is 40.7. The maximum Gasteiger partial charge on any atom is 0.416 e. The lowest BCUT2D eigenvalue weighted by Crippen LogP contribution is -2.39. The standard InChI is InChI=1S/C18H18F3NO2S/c1-11-8-10-25-16(11)15(22-9-4-7-14(22)17(23)24)12-5-2-3-6-13(12)18(19,20)21/h2-3,5-6,8,10,14-15H,4,7,9H2,1H3,(H,23,24). The molecular formula is C18H18F3NO2S. The van der Waals surface area contributed by atoms with Crippen molar-refractivity contribution < 1.29 is 23.1 Å². The number of hydrogen-bond acceptors (Lipinski definition) is 3. The molecule has 3 rings (SSSR count). The molecule has 1 aliphatic rings. The molecule has 0 amide bonds. The predicted molar refractivity (Wildman–Crippen MR) is 89.7 cm³/mol. The molecule has 2 heterocycles. The van der Waals surface area contributed by atoms with Gasteiger partial charge in [-0.25, -0.2) is 0 Å². The lowest BCUT2D eigenvalue weighted by Gasteiger charge is -2.33. The van der Waals surface area contributed by atoms with Gasteiger partial charge in [0.25, 0.3) is 0 Å². The van der Waals surface area contributed by atoms with Crippen LogP contribution in [-0.2, 0) is 11.0 Å². The fourth-order valence-electron chi connectivity index (χ4n) is 3.49. The summed E-state index contributed by atoms with van der Waals surface area (Å²) >= 11 is 1.37. The number of alkyl halides is 3. The van der Waals surface area contributed by atoms with E-state index < -0.39 is 29.8 Å². The number of halogens is 3. The van der Waals surface area contributed by atoms with Crippen LogP contribution in [0.4, 0.5) is 13.2 Å². The average molecular weight is 369 g/mol. The molecule has 1 aliphatic heterocycles. The molecule has 25 heavy (non-hydrogen) atoms. The first-order valence-corrected chi connectivity index (χ1v) is 8.87.